The van der Waals surface area contributed by atoms with E-state index in [0.29, 0.717) is 5.56 Å². The molecule has 0 unspecified atom stereocenters. The van der Waals surface area contributed by atoms with Crippen molar-refractivity contribution in [2.24, 2.45) is 0 Å². The smallest absolute Gasteiger partial charge is 0.129 e. The Morgan fingerprint density at radius 1 is 1.15 bits per heavy atom. The van der Waals surface area contributed by atoms with Gasteiger partial charge in [-0.15, -0.1) is 0 Å². The molecule has 0 saturated heterocycles. The molecule has 0 bridgehead atoms. The minimum Gasteiger partial charge on any atom is -0.272 e. The monoisotopic (exact) mass is 272 g/mol. The second-order valence-corrected chi connectivity index (χ2v) is 4.79. The third-order valence-electron chi connectivity index (χ3n) is 3.51. The SMILES string of the molecule is CCn1cc2c(-c3cc(F)c(C)c(F)c3)cccc2n1. The van der Waals surface area contributed by atoms with Gasteiger partial charge in [0.15, 0.2) is 0 Å². The first-order valence-corrected chi connectivity index (χ1v) is 6.52. The lowest BCUT2D eigenvalue weighted by Gasteiger charge is -2.06. The molecule has 4 heteroatoms. The zero-order chi connectivity index (χ0) is 14.3. The highest BCUT2D eigenvalue weighted by molar-refractivity contribution is 5.94. The fourth-order valence-electron chi connectivity index (χ4n) is 2.31. The van der Waals surface area contributed by atoms with Crippen LogP contribution in [0.2, 0.25) is 0 Å². The van der Waals surface area contributed by atoms with Crippen molar-refractivity contribution >= 4 is 10.9 Å². The van der Waals surface area contributed by atoms with Crippen molar-refractivity contribution in [3.63, 3.8) is 0 Å². The fourth-order valence-corrected chi connectivity index (χ4v) is 2.31. The van der Waals surface area contributed by atoms with Crippen LogP contribution in [0.15, 0.2) is 36.5 Å². The molecule has 1 heterocycles. The van der Waals surface area contributed by atoms with Crippen LogP contribution < -0.4 is 0 Å². The van der Waals surface area contributed by atoms with Crippen LogP contribution >= 0.6 is 0 Å². The zero-order valence-corrected chi connectivity index (χ0v) is 11.3. The second-order valence-electron chi connectivity index (χ2n) is 4.79. The summed E-state index contributed by atoms with van der Waals surface area (Å²) < 4.78 is 29.3. The normalized spacial score (nSPS) is 11.2. The van der Waals surface area contributed by atoms with Gasteiger partial charge in [-0.05, 0) is 43.2 Å². The molecule has 0 radical (unpaired) electrons. The maximum Gasteiger partial charge on any atom is 0.129 e. The van der Waals surface area contributed by atoms with Crippen LogP contribution in [0.25, 0.3) is 22.0 Å². The van der Waals surface area contributed by atoms with Crippen LogP contribution in [0.3, 0.4) is 0 Å². The molecule has 102 valence electrons. The van der Waals surface area contributed by atoms with E-state index >= 15 is 0 Å². The summed E-state index contributed by atoms with van der Waals surface area (Å²) in [5.41, 5.74) is 2.20. The Bertz CT molecular complexity index is 767. The number of rotatable bonds is 2. The van der Waals surface area contributed by atoms with Gasteiger partial charge in [-0.2, -0.15) is 5.10 Å². The molecule has 0 amide bonds. The van der Waals surface area contributed by atoms with Gasteiger partial charge in [0.25, 0.3) is 0 Å². The van der Waals surface area contributed by atoms with Crippen LogP contribution in [0.1, 0.15) is 12.5 Å². The highest BCUT2D eigenvalue weighted by atomic mass is 19.1. The van der Waals surface area contributed by atoms with Gasteiger partial charge in [0.1, 0.15) is 11.6 Å². The van der Waals surface area contributed by atoms with Crippen molar-refractivity contribution in [3.05, 3.63) is 53.7 Å². The standard InChI is InChI=1S/C16H14F2N2/c1-3-20-9-13-12(5-4-6-16(13)19-20)11-7-14(17)10(2)15(18)8-11/h4-9H,3H2,1-2H3. The van der Waals surface area contributed by atoms with E-state index in [0.717, 1.165) is 23.0 Å². The minimum absolute atomic E-state index is 0.0465. The molecule has 0 atom stereocenters. The van der Waals surface area contributed by atoms with Gasteiger partial charge in [-0.1, -0.05) is 12.1 Å². The van der Waals surface area contributed by atoms with Crippen LogP contribution in [0.5, 0.6) is 0 Å². The summed E-state index contributed by atoms with van der Waals surface area (Å²) in [6.45, 7) is 4.19. The number of aryl methyl sites for hydroxylation is 1. The third-order valence-corrected chi connectivity index (χ3v) is 3.51. The predicted octanol–water partition coefficient (Wildman–Crippen LogP) is 4.31. The van der Waals surface area contributed by atoms with Crippen molar-refractivity contribution < 1.29 is 8.78 Å². The fraction of sp³-hybridized carbons (Fsp3) is 0.188. The van der Waals surface area contributed by atoms with Crippen LogP contribution in [0.4, 0.5) is 8.78 Å². The molecule has 0 aliphatic heterocycles. The van der Waals surface area contributed by atoms with Crippen molar-refractivity contribution in [3.8, 4) is 11.1 Å². The zero-order valence-electron chi connectivity index (χ0n) is 11.3. The van der Waals surface area contributed by atoms with E-state index in [1.807, 2.05) is 36.0 Å². The van der Waals surface area contributed by atoms with Gasteiger partial charge in [0.2, 0.25) is 0 Å². The van der Waals surface area contributed by atoms with E-state index in [9.17, 15) is 8.78 Å². The van der Waals surface area contributed by atoms with Gasteiger partial charge >= 0.3 is 0 Å². The molecule has 0 spiro atoms. The predicted molar refractivity (Wildman–Crippen MR) is 75.5 cm³/mol. The minimum atomic E-state index is -0.528. The first-order chi connectivity index (χ1) is 9.60. The number of aromatic nitrogens is 2. The molecule has 1 aromatic heterocycles. The van der Waals surface area contributed by atoms with Gasteiger partial charge in [-0.25, -0.2) is 8.78 Å². The van der Waals surface area contributed by atoms with E-state index in [4.69, 9.17) is 0 Å². The molecular weight excluding hydrogens is 258 g/mol. The first-order valence-electron chi connectivity index (χ1n) is 6.52. The number of fused-ring (bicyclic) bond motifs is 1. The third kappa shape index (κ3) is 1.97. The van der Waals surface area contributed by atoms with Gasteiger partial charge in [-0.3, -0.25) is 4.68 Å². The van der Waals surface area contributed by atoms with Gasteiger partial charge in [0.05, 0.1) is 5.52 Å². The molecule has 0 aliphatic rings. The average Bonchev–Trinajstić information content (AvgIpc) is 2.87. The Hall–Kier alpha value is -2.23. The molecule has 2 aromatic carbocycles. The lowest BCUT2D eigenvalue weighted by atomic mass is 10.0. The topological polar surface area (TPSA) is 17.8 Å². The lowest BCUT2D eigenvalue weighted by molar-refractivity contribution is 0.569. The van der Waals surface area contributed by atoms with E-state index in [2.05, 4.69) is 5.10 Å². The van der Waals surface area contributed by atoms with Crippen molar-refractivity contribution in [2.45, 2.75) is 20.4 Å². The van der Waals surface area contributed by atoms with E-state index in [-0.39, 0.29) is 5.56 Å². The Kier molecular flexibility index (Phi) is 3.01. The van der Waals surface area contributed by atoms with Crippen LogP contribution in [-0.2, 0) is 6.54 Å². The number of hydrogen-bond donors (Lipinski definition) is 0. The molecule has 2 nitrogen and oxygen atoms in total. The Labute approximate surface area is 115 Å². The summed E-state index contributed by atoms with van der Waals surface area (Å²) in [7, 11) is 0. The quantitative estimate of drug-likeness (QED) is 0.679. The molecule has 20 heavy (non-hydrogen) atoms. The molecule has 3 aromatic rings. The van der Waals surface area contributed by atoms with Gasteiger partial charge in [0, 0.05) is 23.7 Å². The summed E-state index contributed by atoms with van der Waals surface area (Å²) in [6, 6.07) is 8.34. The Morgan fingerprint density at radius 2 is 1.85 bits per heavy atom. The van der Waals surface area contributed by atoms with Crippen molar-refractivity contribution in [2.75, 3.05) is 0 Å². The number of halogens is 2. The molecule has 0 fully saturated rings. The highest BCUT2D eigenvalue weighted by Crippen LogP contribution is 2.30. The van der Waals surface area contributed by atoms with E-state index in [1.165, 1.54) is 19.1 Å². The van der Waals surface area contributed by atoms with Crippen molar-refractivity contribution in [1.82, 2.24) is 9.78 Å². The molecule has 0 aliphatic carbocycles. The Morgan fingerprint density at radius 3 is 2.50 bits per heavy atom. The summed E-state index contributed by atoms with van der Waals surface area (Å²) in [5, 5.41) is 5.31. The second kappa shape index (κ2) is 4.71. The van der Waals surface area contributed by atoms with E-state index < -0.39 is 11.6 Å². The summed E-state index contributed by atoms with van der Waals surface area (Å²) in [4.78, 5) is 0. The molecule has 0 N–H and O–H groups in total. The molecule has 0 saturated carbocycles. The molecule has 3 rings (SSSR count). The van der Waals surface area contributed by atoms with E-state index in [1.54, 1.807) is 0 Å². The number of hydrogen-bond acceptors (Lipinski definition) is 1. The highest BCUT2D eigenvalue weighted by Gasteiger charge is 2.12. The lowest BCUT2D eigenvalue weighted by Crippen LogP contribution is -1.92. The summed E-state index contributed by atoms with van der Waals surface area (Å²) in [6.07, 6.45) is 1.90. The average molecular weight is 272 g/mol. The maximum atomic E-state index is 13.7. The Balaban J connectivity index is 2.26. The largest absolute Gasteiger partial charge is 0.272 e. The van der Waals surface area contributed by atoms with Crippen LogP contribution in [0, 0.1) is 18.6 Å². The summed E-state index contributed by atoms with van der Waals surface area (Å²) >= 11 is 0. The van der Waals surface area contributed by atoms with Crippen LogP contribution in [-0.4, -0.2) is 9.78 Å². The molecular formula is C16H14F2N2. The number of nitrogens with zero attached hydrogens (tertiary/aromatic N) is 2. The van der Waals surface area contributed by atoms with Gasteiger partial charge < -0.3 is 0 Å². The summed E-state index contributed by atoms with van der Waals surface area (Å²) in [5.74, 6) is -1.06. The van der Waals surface area contributed by atoms with Crippen molar-refractivity contribution in [1.29, 1.82) is 0 Å². The maximum absolute atomic E-state index is 13.7. The first kappa shape index (κ1) is 12.8. The number of benzene rings is 2.